The van der Waals surface area contributed by atoms with E-state index in [1.807, 2.05) is 24.5 Å². The van der Waals surface area contributed by atoms with Gasteiger partial charge in [-0.1, -0.05) is 11.6 Å². The number of ether oxygens (including phenoxy) is 1. The van der Waals surface area contributed by atoms with Crippen molar-refractivity contribution in [2.24, 2.45) is 0 Å². The molecule has 0 saturated carbocycles. The number of hydrogen-bond acceptors (Lipinski definition) is 7. The molecule has 2 fully saturated rings. The minimum atomic E-state index is 0.366. The lowest BCUT2D eigenvalue weighted by atomic mass is 9.99. The normalized spacial score (nSPS) is 22.9. The van der Waals surface area contributed by atoms with E-state index in [0.717, 1.165) is 62.4 Å². The van der Waals surface area contributed by atoms with E-state index in [1.165, 1.54) is 17.7 Å². The molecule has 4 rings (SSSR count). The zero-order valence-electron chi connectivity index (χ0n) is 14.1. The van der Waals surface area contributed by atoms with Gasteiger partial charge in [-0.2, -0.15) is 0 Å². The van der Waals surface area contributed by atoms with Gasteiger partial charge in [-0.25, -0.2) is 4.98 Å². The lowest BCUT2D eigenvalue weighted by Crippen LogP contribution is -2.36. The zero-order valence-corrected chi connectivity index (χ0v) is 14.9. The highest BCUT2D eigenvalue weighted by atomic mass is 32.1. The van der Waals surface area contributed by atoms with Crippen LogP contribution < -0.4 is 4.90 Å². The summed E-state index contributed by atoms with van der Waals surface area (Å²) in [5.41, 5.74) is 1.07. The lowest BCUT2D eigenvalue weighted by molar-refractivity contribution is 0.122. The largest absolute Gasteiger partial charge is 0.378 e. The van der Waals surface area contributed by atoms with Gasteiger partial charge in [0.1, 0.15) is 11.5 Å². The number of hydrogen-bond donors (Lipinski definition) is 0. The van der Waals surface area contributed by atoms with Crippen molar-refractivity contribution in [2.75, 3.05) is 37.7 Å². The van der Waals surface area contributed by atoms with E-state index in [9.17, 15) is 0 Å². The number of rotatable bonds is 4. The van der Waals surface area contributed by atoms with E-state index in [4.69, 9.17) is 9.26 Å². The molecule has 0 unspecified atom stereocenters. The maximum Gasteiger partial charge on any atom is 0.185 e. The smallest absolute Gasteiger partial charge is 0.185 e. The lowest BCUT2D eigenvalue weighted by Gasteiger charge is -2.34. The van der Waals surface area contributed by atoms with Gasteiger partial charge in [0.05, 0.1) is 19.3 Å². The maximum atomic E-state index is 5.43. The topological polar surface area (TPSA) is 54.6 Å². The van der Waals surface area contributed by atoms with E-state index in [0.29, 0.717) is 6.04 Å². The van der Waals surface area contributed by atoms with Crippen LogP contribution in [0.2, 0.25) is 0 Å². The van der Waals surface area contributed by atoms with E-state index in [2.05, 4.69) is 26.0 Å². The first-order valence-corrected chi connectivity index (χ1v) is 9.56. The highest BCUT2D eigenvalue weighted by molar-refractivity contribution is 7.15. The van der Waals surface area contributed by atoms with Crippen molar-refractivity contribution in [2.45, 2.75) is 38.8 Å². The van der Waals surface area contributed by atoms with Gasteiger partial charge in [-0.05, 0) is 26.3 Å². The van der Waals surface area contributed by atoms with Crippen LogP contribution in [0.3, 0.4) is 0 Å². The number of morpholine rings is 1. The van der Waals surface area contributed by atoms with Crippen LogP contribution in [0.15, 0.2) is 16.8 Å². The quantitative estimate of drug-likeness (QED) is 0.847. The fraction of sp³-hybridized carbons (Fsp3) is 0.647. The minimum Gasteiger partial charge on any atom is -0.378 e. The highest BCUT2D eigenvalue weighted by Crippen LogP contribution is 2.33. The average molecular weight is 348 g/mol. The first-order chi connectivity index (χ1) is 11.8. The summed E-state index contributed by atoms with van der Waals surface area (Å²) in [5, 5.41) is 5.38. The monoisotopic (exact) mass is 348 g/mol. The number of nitrogens with zero attached hydrogens (tertiary/aromatic N) is 4. The van der Waals surface area contributed by atoms with E-state index in [1.54, 1.807) is 0 Å². The molecule has 0 spiro atoms. The number of anilines is 1. The van der Waals surface area contributed by atoms with Crippen molar-refractivity contribution in [3.05, 3.63) is 28.6 Å². The Labute approximate surface area is 146 Å². The van der Waals surface area contributed by atoms with Gasteiger partial charge in [0.15, 0.2) is 5.13 Å². The summed E-state index contributed by atoms with van der Waals surface area (Å²) in [4.78, 5) is 10.8. The Balaban J connectivity index is 1.45. The summed E-state index contributed by atoms with van der Waals surface area (Å²) in [6, 6.07) is 2.44. The summed E-state index contributed by atoms with van der Waals surface area (Å²) >= 11 is 1.81. The molecule has 0 N–H and O–H groups in total. The Morgan fingerprint density at radius 2 is 2.12 bits per heavy atom. The third-order valence-electron chi connectivity index (χ3n) is 4.78. The number of piperidine rings is 1. The number of thiazole rings is 1. The average Bonchev–Trinajstić information content (AvgIpc) is 3.25. The second-order valence-electron chi connectivity index (χ2n) is 6.55. The molecule has 2 aliphatic rings. The van der Waals surface area contributed by atoms with Gasteiger partial charge >= 0.3 is 0 Å². The molecule has 130 valence electrons. The molecule has 2 aromatic heterocycles. The van der Waals surface area contributed by atoms with Crippen LogP contribution in [0.4, 0.5) is 5.13 Å². The molecule has 2 aliphatic heterocycles. The fourth-order valence-electron chi connectivity index (χ4n) is 3.53. The number of aryl methyl sites for hydroxylation is 1. The summed E-state index contributed by atoms with van der Waals surface area (Å²) in [7, 11) is 0. The van der Waals surface area contributed by atoms with Gasteiger partial charge in [0.2, 0.25) is 0 Å². The molecule has 7 heteroatoms. The van der Waals surface area contributed by atoms with Crippen LogP contribution in [0.1, 0.15) is 41.6 Å². The Hall–Kier alpha value is -1.44. The molecule has 2 saturated heterocycles. The molecular weight excluding hydrogens is 324 g/mol. The Kier molecular flexibility index (Phi) is 4.82. The van der Waals surface area contributed by atoms with Crippen molar-refractivity contribution in [1.29, 1.82) is 0 Å². The summed E-state index contributed by atoms with van der Waals surface area (Å²) in [6.07, 6.45) is 5.70. The van der Waals surface area contributed by atoms with Crippen molar-refractivity contribution in [1.82, 2.24) is 15.0 Å². The van der Waals surface area contributed by atoms with Crippen LogP contribution in [0.5, 0.6) is 0 Å². The molecule has 2 aromatic rings. The zero-order chi connectivity index (χ0) is 16.4. The molecule has 24 heavy (non-hydrogen) atoms. The summed E-state index contributed by atoms with van der Waals surface area (Å²) in [6.45, 7) is 7.50. The van der Waals surface area contributed by atoms with Gasteiger partial charge < -0.3 is 14.2 Å². The van der Waals surface area contributed by atoms with Gasteiger partial charge in [-0.3, -0.25) is 4.90 Å². The predicted octanol–water partition coefficient (Wildman–Crippen LogP) is 3.00. The van der Waals surface area contributed by atoms with E-state index >= 15 is 0 Å². The molecule has 0 bridgehead atoms. The van der Waals surface area contributed by atoms with E-state index < -0.39 is 0 Å². The second kappa shape index (κ2) is 7.21. The summed E-state index contributed by atoms with van der Waals surface area (Å²) < 4.78 is 10.7. The molecular formula is C17H24N4O2S. The third-order valence-corrected chi connectivity index (χ3v) is 5.83. The molecule has 0 amide bonds. The van der Waals surface area contributed by atoms with Crippen molar-refractivity contribution in [3.8, 4) is 0 Å². The molecule has 0 radical (unpaired) electrons. The Morgan fingerprint density at radius 1 is 1.25 bits per heavy atom. The Bertz CT molecular complexity index is 665. The van der Waals surface area contributed by atoms with Crippen LogP contribution in [-0.4, -0.2) is 47.9 Å². The number of aromatic nitrogens is 2. The Morgan fingerprint density at radius 3 is 2.92 bits per heavy atom. The van der Waals surface area contributed by atoms with Crippen LogP contribution in [-0.2, 0) is 11.3 Å². The summed E-state index contributed by atoms with van der Waals surface area (Å²) in [5.74, 6) is 0.892. The minimum absolute atomic E-state index is 0.366. The molecule has 1 atom stereocenters. The highest BCUT2D eigenvalue weighted by Gasteiger charge is 2.27. The first kappa shape index (κ1) is 16.1. The maximum absolute atomic E-state index is 5.43. The van der Waals surface area contributed by atoms with Crippen LogP contribution in [0.25, 0.3) is 0 Å². The van der Waals surface area contributed by atoms with Crippen molar-refractivity contribution in [3.63, 3.8) is 0 Å². The van der Waals surface area contributed by atoms with Gasteiger partial charge in [-0.15, -0.1) is 11.3 Å². The van der Waals surface area contributed by atoms with Crippen molar-refractivity contribution >= 4 is 16.5 Å². The van der Waals surface area contributed by atoms with Gasteiger partial charge in [0, 0.05) is 36.8 Å². The second-order valence-corrected chi connectivity index (χ2v) is 7.65. The van der Waals surface area contributed by atoms with Gasteiger partial charge in [0.25, 0.3) is 0 Å². The van der Waals surface area contributed by atoms with E-state index in [-0.39, 0.29) is 0 Å². The standard InChI is InChI=1S/C17H24N4O2S/c1-13-10-15(19-23-13)16-4-2-3-5-21(16)12-14-11-18-17(24-14)20-6-8-22-9-7-20/h10-11,16H,2-9,12H2,1H3/t16-/m1/s1. The van der Waals surface area contributed by atoms with Crippen LogP contribution >= 0.6 is 11.3 Å². The predicted molar refractivity (Wildman–Crippen MR) is 93.4 cm³/mol. The van der Waals surface area contributed by atoms with Crippen LogP contribution in [0, 0.1) is 6.92 Å². The first-order valence-electron chi connectivity index (χ1n) is 8.74. The molecule has 4 heterocycles. The van der Waals surface area contributed by atoms with Crippen molar-refractivity contribution < 1.29 is 9.26 Å². The molecule has 0 aliphatic carbocycles. The number of likely N-dealkylation sites (tertiary alicyclic amines) is 1. The fourth-order valence-corrected chi connectivity index (χ4v) is 4.52. The third kappa shape index (κ3) is 3.48. The molecule has 0 aromatic carbocycles. The SMILES string of the molecule is Cc1cc([C@H]2CCCCN2Cc2cnc(N3CCOCC3)s2)no1. The molecule has 6 nitrogen and oxygen atoms in total.